The van der Waals surface area contributed by atoms with E-state index in [0.29, 0.717) is 5.75 Å². The first-order valence-electron chi connectivity index (χ1n) is 7.26. The predicted molar refractivity (Wildman–Crippen MR) is 84.3 cm³/mol. The number of likely N-dealkylation sites (N-methyl/N-ethyl adjacent to an activating group) is 1. The summed E-state index contributed by atoms with van der Waals surface area (Å²) in [6.07, 6.45) is 0.864. The highest BCUT2D eigenvalue weighted by Gasteiger charge is 2.14. The van der Waals surface area contributed by atoms with Gasteiger partial charge in [-0.05, 0) is 43.1 Å². The molecule has 1 unspecified atom stereocenters. The van der Waals surface area contributed by atoms with Gasteiger partial charge >= 0.3 is 0 Å². The van der Waals surface area contributed by atoms with Gasteiger partial charge in [-0.2, -0.15) is 0 Å². The molecule has 112 valence electrons. The molecular weight excluding hydrogens is 265 g/mol. The largest absolute Gasteiger partial charge is 0.494 e. The highest BCUT2D eigenvalue weighted by Crippen LogP contribution is 2.25. The van der Waals surface area contributed by atoms with Crippen LogP contribution in [0.4, 0.5) is 4.39 Å². The summed E-state index contributed by atoms with van der Waals surface area (Å²) in [5.74, 6) is -0.0360. The van der Waals surface area contributed by atoms with Crippen molar-refractivity contribution in [2.45, 2.75) is 26.3 Å². The Labute approximate surface area is 126 Å². The molecule has 2 aromatic rings. The Morgan fingerprint density at radius 2 is 1.86 bits per heavy atom. The molecule has 2 aromatic carbocycles. The van der Waals surface area contributed by atoms with Crippen molar-refractivity contribution in [2.24, 2.45) is 0 Å². The van der Waals surface area contributed by atoms with Crippen LogP contribution in [0.25, 0.3) is 0 Å². The fourth-order valence-electron chi connectivity index (χ4n) is 2.41. The number of rotatable bonds is 6. The summed E-state index contributed by atoms with van der Waals surface area (Å²) < 4.78 is 18.6. The van der Waals surface area contributed by atoms with E-state index < -0.39 is 0 Å². The molecule has 3 heteroatoms. The Bertz CT molecular complexity index is 580. The molecule has 0 amide bonds. The molecule has 0 heterocycles. The third kappa shape index (κ3) is 4.05. The monoisotopic (exact) mass is 287 g/mol. The first-order chi connectivity index (χ1) is 10.1. The summed E-state index contributed by atoms with van der Waals surface area (Å²) in [6, 6.07) is 13.7. The van der Waals surface area contributed by atoms with Crippen molar-refractivity contribution in [3.8, 4) is 5.75 Å². The van der Waals surface area contributed by atoms with Crippen LogP contribution < -0.4 is 10.1 Å². The molecule has 0 aliphatic carbocycles. The normalized spacial score (nSPS) is 12.2. The van der Waals surface area contributed by atoms with E-state index in [-0.39, 0.29) is 11.9 Å². The van der Waals surface area contributed by atoms with Crippen molar-refractivity contribution >= 4 is 0 Å². The molecule has 0 radical (unpaired) electrons. The van der Waals surface area contributed by atoms with Crippen LogP contribution in [0.2, 0.25) is 0 Å². The third-order valence-corrected chi connectivity index (χ3v) is 3.59. The average molecular weight is 287 g/mol. The lowest BCUT2D eigenvalue weighted by Gasteiger charge is -2.19. The van der Waals surface area contributed by atoms with E-state index in [1.165, 1.54) is 24.3 Å². The second kappa shape index (κ2) is 7.23. The summed E-state index contributed by atoms with van der Waals surface area (Å²) in [5.41, 5.74) is 3.55. The number of methoxy groups -OCH3 is 1. The first-order valence-corrected chi connectivity index (χ1v) is 7.26. The van der Waals surface area contributed by atoms with Crippen LogP contribution in [0.5, 0.6) is 5.75 Å². The zero-order chi connectivity index (χ0) is 15.2. The van der Waals surface area contributed by atoms with E-state index >= 15 is 0 Å². The summed E-state index contributed by atoms with van der Waals surface area (Å²) in [7, 11) is 1.49. The number of hydrogen-bond acceptors (Lipinski definition) is 2. The van der Waals surface area contributed by atoms with Crippen LogP contribution in [-0.4, -0.2) is 13.7 Å². The van der Waals surface area contributed by atoms with Gasteiger partial charge in [-0.1, -0.05) is 42.8 Å². The van der Waals surface area contributed by atoms with E-state index in [1.807, 2.05) is 6.07 Å². The van der Waals surface area contributed by atoms with Gasteiger partial charge in [0.05, 0.1) is 7.11 Å². The van der Waals surface area contributed by atoms with Crippen LogP contribution in [0.1, 0.15) is 29.7 Å². The third-order valence-electron chi connectivity index (χ3n) is 3.59. The molecule has 0 aliphatic rings. The zero-order valence-corrected chi connectivity index (χ0v) is 12.8. The van der Waals surface area contributed by atoms with Gasteiger partial charge in [-0.15, -0.1) is 0 Å². The van der Waals surface area contributed by atoms with Crippen molar-refractivity contribution in [2.75, 3.05) is 13.7 Å². The van der Waals surface area contributed by atoms with Gasteiger partial charge in [0.2, 0.25) is 0 Å². The fraction of sp³-hybridized carbons (Fsp3) is 0.333. The standard InChI is InChI=1S/C18H22FNO/c1-4-20-17(11-14-7-5-13(2)6-8-14)15-9-10-16(19)18(12-15)21-3/h5-10,12,17,20H,4,11H2,1-3H3. The number of halogens is 1. The van der Waals surface area contributed by atoms with E-state index in [2.05, 4.69) is 43.4 Å². The minimum atomic E-state index is -0.327. The maximum atomic E-state index is 13.5. The predicted octanol–water partition coefficient (Wildman–Crippen LogP) is 4.04. The lowest BCUT2D eigenvalue weighted by molar-refractivity contribution is 0.384. The van der Waals surface area contributed by atoms with Crippen molar-refractivity contribution in [1.82, 2.24) is 5.32 Å². The molecule has 0 aliphatic heterocycles. The van der Waals surface area contributed by atoms with Crippen molar-refractivity contribution in [1.29, 1.82) is 0 Å². The zero-order valence-electron chi connectivity index (χ0n) is 12.8. The second-order valence-corrected chi connectivity index (χ2v) is 5.19. The number of nitrogens with one attached hydrogen (secondary N) is 1. The van der Waals surface area contributed by atoms with Crippen molar-refractivity contribution < 1.29 is 9.13 Å². The van der Waals surface area contributed by atoms with Gasteiger partial charge in [0.15, 0.2) is 11.6 Å². The number of ether oxygens (including phenoxy) is 1. The quantitative estimate of drug-likeness (QED) is 0.866. The maximum absolute atomic E-state index is 13.5. The topological polar surface area (TPSA) is 21.3 Å². The molecule has 2 nitrogen and oxygen atoms in total. The van der Waals surface area contributed by atoms with Gasteiger partial charge < -0.3 is 10.1 Å². The molecule has 21 heavy (non-hydrogen) atoms. The van der Waals surface area contributed by atoms with Crippen molar-refractivity contribution in [3.05, 3.63) is 65.0 Å². The van der Waals surface area contributed by atoms with Crippen LogP contribution in [0, 0.1) is 12.7 Å². The molecule has 1 atom stereocenters. The van der Waals surface area contributed by atoms with Gasteiger partial charge in [-0.25, -0.2) is 4.39 Å². The van der Waals surface area contributed by atoms with E-state index in [9.17, 15) is 4.39 Å². The van der Waals surface area contributed by atoms with Crippen LogP contribution in [0.3, 0.4) is 0 Å². The highest BCUT2D eigenvalue weighted by atomic mass is 19.1. The van der Waals surface area contributed by atoms with Crippen LogP contribution >= 0.6 is 0 Å². The molecule has 0 saturated heterocycles. The van der Waals surface area contributed by atoms with Gasteiger partial charge in [0.25, 0.3) is 0 Å². The molecule has 0 saturated carbocycles. The highest BCUT2D eigenvalue weighted by molar-refractivity contribution is 5.33. The smallest absolute Gasteiger partial charge is 0.165 e. The minimum Gasteiger partial charge on any atom is -0.494 e. The SMILES string of the molecule is CCNC(Cc1ccc(C)cc1)c1ccc(F)c(OC)c1. The molecule has 1 N–H and O–H groups in total. The molecule has 2 rings (SSSR count). The van der Waals surface area contributed by atoms with Crippen molar-refractivity contribution in [3.63, 3.8) is 0 Å². The van der Waals surface area contributed by atoms with Gasteiger partial charge in [0.1, 0.15) is 0 Å². The Kier molecular flexibility index (Phi) is 5.34. The van der Waals surface area contributed by atoms with E-state index in [1.54, 1.807) is 6.07 Å². The molecule has 0 fully saturated rings. The van der Waals surface area contributed by atoms with Crippen LogP contribution in [-0.2, 0) is 6.42 Å². The van der Waals surface area contributed by atoms with Gasteiger partial charge in [0, 0.05) is 6.04 Å². The van der Waals surface area contributed by atoms with Crippen LogP contribution in [0.15, 0.2) is 42.5 Å². The summed E-state index contributed by atoms with van der Waals surface area (Å²) in [6.45, 7) is 5.01. The number of benzene rings is 2. The van der Waals surface area contributed by atoms with E-state index in [4.69, 9.17) is 4.74 Å². The Morgan fingerprint density at radius 3 is 2.48 bits per heavy atom. The molecule has 0 bridgehead atoms. The summed E-state index contributed by atoms with van der Waals surface area (Å²) in [4.78, 5) is 0. The summed E-state index contributed by atoms with van der Waals surface area (Å²) >= 11 is 0. The lowest BCUT2D eigenvalue weighted by Crippen LogP contribution is -2.23. The Hall–Kier alpha value is -1.87. The lowest BCUT2D eigenvalue weighted by atomic mass is 9.98. The maximum Gasteiger partial charge on any atom is 0.165 e. The Balaban J connectivity index is 2.23. The first kappa shape index (κ1) is 15.5. The van der Waals surface area contributed by atoms with Gasteiger partial charge in [-0.3, -0.25) is 0 Å². The minimum absolute atomic E-state index is 0.146. The number of aryl methyl sites for hydroxylation is 1. The molecular formula is C18H22FNO. The second-order valence-electron chi connectivity index (χ2n) is 5.19. The summed E-state index contributed by atoms with van der Waals surface area (Å²) in [5, 5.41) is 3.45. The average Bonchev–Trinajstić information content (AvgIpc) is 2.49. The number of hydrogen-bond donors (Lipinski definition) is 1. The Morgan fingerprint density at radius 1 is 1.14 bits per heavy atom. The fourth-order valence-corrected chi connectivity index (χ4v) is 2.41. The molecule has 0 spiro atoms. The van der Waals surface area contributed by atoms with E-state index in [0.717, 1.165) is 18.5 Å². The molecule has 0 aromatic heterocycles.